The van der Waals surface area contributed by atoms with Gasteiger partial charge in [0.25, 0.3) is 0 Å². The van der Waals surface area contributed by atoms with Crippen molar-refractivity contribution in [3.8, 4) is 11.8 Å². The van der Waals surface area contributed by atoms with E-state index in [-0.39, 0.29) is 5.41 Å². The molecule has 1 N–H and O–H groups in total. The fourth-order valence-electron chi connectivity index (χ4n) is 5.62. The molecule has 0 aliphatic carbocycles. The fourth-order valence-corrected chi connectivity index (χ4v) is 5.62. The zero-order valence-electron chi connectivity index (χ0n) is 19.7. The highest BCUT2D eigenvalue weighted by molar-refractivity contribution is 5.83. The second-order valence-electron chi connectivity index (χ2n) is 9.44. The standard InChI is InChI=1S/C29H35N3O/c1-33-26-12-13-28-27(21-26)24(14-20-32-28)10-5-11-25-15-19-31-22-29(25,17-18-30)16-6-9-23-7-3-2-4-8-23/h2-4,7-8,12-14,20-21,25,31H,5-6,9-11,15-17,19,22H2,1H3/t25-,29+/m1/s1. The first kappa shape index (κ1) is 23.3. The van der Waals surface area contributed by atoms with Crippen LogP contribution in [0.3, 0.4) is 0 Å². The van der Waals surface area contributed by atoms with E-state index in [1.165, 1.54) is 22.9 Å². The van der Waals surface area contributed by atoms with Crippen molar-refractivity contribution in [3.63, 3.8) is 0 Å². The summed E-state index contributed by atoms with van der Waals surface area (Å²) in [5.41, 5.74) is 3.84. The van der Waals surface area contributed by atoms with Crippen molar-refractivity contribution in [3.05, 3.63) is 71.9 Å². The molecule has 1 fully saturated rings. The molecule has 4 nitrogen and oxygen atoms in total. The first-order valence-corrected chi connectivity index (χ1v) is 12.3. The van der Waals surface area contributed by atoms with Gasteiger partial charge in [-0.25, -0.2) is 0 Å². The van der Waals surface area contributed by atoms with Gasteiger partial charge in [-0.05, 0) is 98.2 Å². The molecular formula is C29H35N3O. The fraction of sp³-hybridized carbons (Fsp3) is 0.448. The third-order valence-corrected chi connectivity index (χ3v) is 7.46. The summed E-state index contributed by atoms with van der Waals surface area (Å²) < 4.78 is 5.44. The number of fused-ring (bicyclic) bond motifs is 1. The zero-order chi connectivity index (χ0) is 22.9. The number of methoxy groups -OCH3 is 1. The van der Waals surface area contributed by atoms with Crippen molar-refractivity contribution < 1.29 is 4.74 Å². The second kappa shape index (κ2) is 11.3. The monoisotopic (exact) mass is 441 g/mol. The normalized spacial score (nSPS) is 20.4. The highest BCUT2D eigenvalue weighted by Crippen LogP contribution is 2.43. The number of pyridine rings is 1. The van der Waals surface area contributed by atoms with Gasteiger partial charge in [-0.1, -0.05) is 30.3 Å². The quantitative estimate of drug-likeness (QED) is 0.413. The van der Waals surface area contributed by atoms with Crippen molar-refractivity contribution in [1.29, 1.82) is 5.26 Å². The minimum Gasteiger partial charge on any atom is -0.497 e. The van der Waals surface area contributed by atoms with Crippen molar-refractivity contribution in [2.75, 3.05) is 20.2 Å². The SMILES string of the molecule is COc1ccc2nccc(CCC[C@@H]3CCNC[C@@]3(CC#N)CCCc3ccccc3)c2c1. The van der Waals surface area contributed by atoms with Crippen LogP contribution in [0.5, 0.6) is 5.75 Å². The highest BCUT2D eigenvalue weighted by Gasteiger charge is 2.39. The van der Waals surface area contributed by atoms with E-state index in [9.17, 15) is 5.26 Å². The number of aromatic nitrogens is 1. The predicted molar refractivity (Wildman–Crippen MR) is 134 cm³/mol. The van der Waals surface area contributed by atoms with Crippen LogP contribution >= 0.6 is 0 Å². The van der Waals surface area contributed by atoms with E-state index in [0.717, 1.165) is 62.9 Å². The highest BCUT2D eigenvalue weighted by atomic mass is 16.5. The Morgan fingerprint density at radius 3 is 2.82 bits per heavy atom. The van der Waals surface area contributed by atoms with E-state index >= 15 is 0 Å². The first-order chi connectivity index (χ1) is 16.2. The Morgan fingerprint density at radius 1 is 1.12 bits per heavy atom. The molecule has 1 aliphatic rings. The van der Waals surface area contributed by atoms with Crippen LogP contribution in [0.1, 0.15) is 49.7 Å². The molecule has 33 heavy (non-hydrogen) atoms. The van der Waals surface area contributed by atoms with Gasteiger partial charge in [-0.15, -0.1) is 0 Å². The van der Waals surface area contributed by atoms with Crippen LogP contribution in [0.4, 0.5) is 0 Å². The van der Waals surface area contributed by atoms with Gasteiger partial charge in [0, 0.05) is 24.5 Å². The Bertz CT molecular complexity index is 1080. The lowest BCUT2D eigenvalue weighted by Gasteiger charge is -2.44. The van der Waals surface area contributed by atoms with Gasteiger partial charge in [0.2, 0.25) is 0 Å². The number of nitrogens with zero attached hydrogens (tertiary/aromatic N) is 2. The Balaban J connectivity index is 1.42. The molecule has 4 rings (SSSR count). The molecule has 0 radical (unpaired) electrons. The lowest BCUT2D eigenvalue weighted by atomic mass is 9.65. The van der Waals surface area contributed by atoms with E-state index in [1.807, 2.05) is 18.3 Å². The predicted octanol–water partition coefficient (Wildman–Crippen LogP) is 6.10. The van der Waals surface area contributed by atoms with Crippen LogP contribution in [-0.2, 0) is 12.8 Å². The Kier molecular flexibility index (Phi) is 7.96. The van der Waals surface area contributed by atoms with Crippen molar-refractivity contribution >= 4 is 10.9 Å². The summed E-state index contributed by atoms with van der Waals surface area (Å²) in [6.07, 6.45) is 10.4. The molecule has 3 aromatic rings. The molecule has 1 aliphatic heterocycles. The molecule has 4 heteroatoms. The summed E-state index contributed by atoms with van der Waals surface area (Å²) in [4.78, 5) is 4.52. The maximum absolute atomic E-state index is 9.69. The minimum absolute atomic E-state index is 0.0886. The van der Waals surface area contributed by atoms with Gasteiger partial charge >= 0.3 is 0 Å². The van der Waals surface area contributed by atoms with E-state index < -0.39 is 0 Å². The van der Waals surface area contributed by atoms with Crippen molar-refractivity contribution in [1.82, 2.24) is 10.3 Å². The lowest BCUT2D eigenvalue weighted by Crippen LogP contribution is -2.46. The van der Waals surface area contributed by atoms with Crippen LogP contribution in [-0.4, -0.2) is 25.2 Å². The van der Waals surface area contributed by atoms with E-state index in [2.05, 4.69) is 58.8 Å². The molecule has 0 spiro atoms. The largest absolute Gasteiger partial charge is 0.497 e. The number of rotatable bonds is 10. The maximum atomic E-state index is 9.69. The number of ether oxygens (including phenoxy) is 1. The van der Waals surface area contributed by atoms with Gasteiger partial charge in [0.05, 0.1) is 18.7 Å². The number of aryl methyl sites for hydroxylation is 2. The topological polar surface area (TPSA) is 57.9 Å². The summed E-state index contributed by atoms with van der Waals surface area (Å²) in [7, 11) is 1.71. The molecule has 0 bridgehead atoms. The molecule has 172 valence electrons. The summed E-state index contributed by atoms with van der Waals surface area (Å²) in [6, 6.07) is 21.5. The van der Waals surface area contributed by atoms with Gasteiger partial charge in [0.1, 0.15) is 5.75 Å². The first-order valence-electron chi connectivity index (χ1n) is 12.3. The van der Waals surface area contributed by atoms with Crippen LogP contribution in [0.25, 0.3) is 10.9 Å². The van der Waals surface area contributed by atoms with E-state index in [1.54, 1.807) is 7.11 Å². The number of hydrogen-bond acceptors (Lipinski definition) is 4. The number of nitrogens with one attached hydrogen (secondary N) is 1. The zero-order valence-corrected chi connectivity index (χ0v) is 19.7. The number of hydrogen-bond donors (Lipinski definition) is 1. The van der Waals surface area contributed by atoms with Gasteiger partial charge in [-0.3, -0.25) is 4.98 Å². The van der Waals surface area contributed by atoms with Crippen LogP contribution in [0.15, 0.2) is 60.8 Å². The smallest absolute Gasteiger partial charge is 0.119 e. The molecule has 1 saturated heterocycles. The van der Waals surface area contributed by atoms with Crippen molar-refractivity contribution in [2.24, 2.45) is 11.3 Å². The maximum Gasteiger partial charge on any atom is 0.119 e. The number of piperidine rings is 1. The summed E-state index contributed by atoms with van der Waals surface area (Å²) in [5, 5.41) is 14.5. The van der Waals surface area contributed by atoms with Crippen LogP contribution in [0, 0.1) is 22.7 Å². The second-order valence-corrected chi connectivity index (χ2v) is 9.44. The molecule has 1 aromatic heterocycles. The molecule has 0 amide bonds. The molecular weight excluding hydrogens is 406 g/mol. The van der Waals surface area contributed by atoms with E-state index in [4.69, 9.17) is 4.74 Å². The minimum atomic E-state index is 0.0886. The summed E-state index contributed by atoms with van der Waals surface area (Å²) in [6.45, 7) is 2.03. The van der Waals surface area contributed by atoms with E-state index in [0.29, 0.717) is 12.3 Å². The Labute approximate surface area is 198 Å². The third-order valence-electron chi connectivity index (χ3n) is 7.46. The molecule has 2 atom stereocenters. The Hall–Kier alpha value is -2.90. The molecule has 0 unspecified atom stereocenters. The third kappa shape index (κ3) is 5.72. The van der Waals surface area contributed by atoms with Gasteiger partial charge in [0.15, 0.2) is 0 Å². The van der Waals surface area contributed by atoms with Crippen LogP contribution in [0.2, 0.25) is 0 Å². The summed E-state index contributed by atoms with van der Waals surface area (Å²) in [5.74, 6) is 1.47. The number of nitriles is 1. The summed E-state index contributed by atoms with van der Waals surface area (Å²) >= 11 is 0. The van der Waals surface area contributed by atoms with Crippen molar-refractivity contribution in [2.45, 2.75) is 51.4 Å². The lowest BCUT2D eigenvalue weighted by molar-refractivity contribution is 0.0920. The average Bonchev–Trinajstić information content (AvgIpc) is 2.86. The Morgan fingerprint density at radius 2 is 2.00 bits per heavy atom. The van der Waals surface area contributed by atoms with Crippen LogP contribution < -0.4 is 10.1 Å². The average molecular weight is 442 g/mol. The molecule has 2 heterocycles. The van der Waals surface area contributed by atoms with Gasteiger partial charge in [-0.2, -0.15) is 5.26 Å². The number of benzene rings is 2. The molecule has 0 saturated carbocycles. The van der Waals surface area contributed by atoms with Gasteiger partial charge < -0.3 is 10.1 Å². The molecule has 2 aromatic carbocycles.